The summed E-state index contributed by atoms with van der Waals surface area (Å²) in [5.74, 6) is 1.25. The topological polar surface area (TPSA) is 41.5 Å². The summed E-state index contributed by atoms with van der Waals surface area (Å²) in [6, 6.07) is 12.3. The van der Waals surface area contributed by atoms with E-state index in [1.807, 2.05) is 25.1 Å². The van der Waals surface area contributed by atoms with Gasteiger partial charge in [-0.2, -0.15) is 0 Å². The molecule has 3 rings (SSSR count). The molecule has 0 radical (unpaired) electrons. The molecule has 1 atom stereocenters. The van der Waals surface area contributed by atoms with Crippen molar-refractivity contribution in [2.45, 2.75) is 32.2 Å². The average molecular weight is 283 g/mol. The van der Waals surface area contributed by atoms with Crippen LogP contribution in [0.4, 0.5) is 5.69 Å². The molecule has 3 nitrogen and oxygen atoms in total. The summed E-state index contributed by atoms with van der Waals surface area (Å²) in [6.07, 6.45) is 3.43. The van der Waals surface area contributed by atoms with E-state index in [0.717, 1.165) is 29.8 Å². The largest absolute Gasteiger partial charge is 0.508 e. The molecule has 0 fully saturated rings. The molecule has 0 aromatic heterocycles. The van der Waals surface area contributed by atoms with Gasteiger partial charge >= 0.3 is 0 Å². The molecule has 1 aliphatic rings. The molecule has 21 heavy (non-hydrogen) atoms. The Kier molecular flexibility index (Phi) is 3.74. The molecular formula is C18H21NO2. The minimum absolute atomic E-state index is 0.299. The van der Waals surface area contributed by atoms with Gasteiger partial charge in [-0.05, 0) is 73.2 Å². The van der Waals surface area contributed by atoms with E-state index in [1.54, 1.807) is 13.2 Å². The highest BCUT2D eigenvalue weighted by atomic mass is 16.5. The molecule has 3 heteroatoms. The predicted octanol–water partition coefficient (Wildman–Crippen LogP) is 4.20. The van der Waals surface area contributed by atoms with Crippen LogP contribution in [0, 0.1) is 6.92 Å². The fourth-order valence-electron chi connectivity index (χ4n) is 3.00. The van der Waals surface area contributed by atoms with Crippen LogP contribution in [-0.2, 0) is 6.42 Å². The molecule has 2 aromatic rings. The van der Waals surface area contributed by atoms with Crippen molar-refractivity contribution in [2.24, 2.45) is 0 Å². The van der Waals surface area contributed by atoms with Crippen molar-refractivity contribution in [1.29, 1.82) is 0 Å². The lowest BCUT2D eigenvalue weighted by atomic mass is 9.87. The normalized spacial score (nSPS) is 17.1. The van der Waals surface area contributed by atoms with Crippen LogP contribution in [0.2, 0.25) is 0 Å². The maximum Gasteiger partial charge on any atom is 0.119 e. The maximum absolute atomic E-state index is 9.63. The third kappa shape index (κ3) is 2.82. The monoisotopic (exact) mass is 283 g/mol. The lowest BCUT2D eigenvalue weighted by Gasteiger charge is -2.28. The van der Waals surface area contributed by atoms with Gasteiger partial charge in [0.2, 0.25) is 0 Å². The number of phenolic OH excluding ortho intramolecular Hbond substituents is 1. The van der Waals surface area contributed by atoms with Gasteiger partial charge in [0, 0.05) is 5.69 Å². The quantitative estimate of drug-likeness (QED) is 0.830. The first kappa shape index (κ1) is 13.8. The number of rotatable bonds is 3. The van der Waals surface area contributed by atoms with Crippen LogP contribution in [0.15, 0.2) is 36.4 Å². The fourth-order valence-corrected chi connectivity index (χ4v) is 3.00. The Morgan fingerprint density at radius 1 is 1.19 bits per heavy atom. The highest BCUT2D eigenvalue weighted by Crippen LogP contribution is 2.35. The van der Waals surface area contributed by atoms with Gasteiger partial charge in [-0.1, -0.05) is 6.07 Å². The Morgan fingerprint density at radius 3 is 2.81 bits per heavy atom. The Bertz CT molecular complexity index is 652. The van der Waals surface area contributed by atoms with Gasteiger partial charge in [-0.15, -0.1) is 0 Å². The molecule has 1 unspecified atom stereocenters. The fraction of sp³-hybridized carbons (Fsp3) is 0.333. The number of aromatic hydroxyl groups is 1. The zero-order chi connectivity index (χ0) is 14.8. The van der Waals surface area contributed by atoms with Gasteiger partial charge in [-0.3, -0.25) is 0 Å². The molecule has 0 heterocycles. The first-order valence-corrected chi connectivity index (χ1v) is 7.40. The van der Waals surface area contributed by atoms with Crippen molar-refractivity contribution in [1.82, 2.24) is 0 Å². The van der Waals surface area contributed by atoms with Crippen LogP contribution >= 0.6 is 0 Å². The number of methoxy groups -OCH3 is 1. The number of hydrogen-bond donors (Lipinski definition) is 2. The summed E-state index contributed by atoms with van der Waals surface area (Å²) in [4.78, 5) is 0. The number of hydrogen-bond acceptors (Lipinski definition) is 3. The number of anilines is 1. The summed E-state index contributed by atoms with van der Waals surface area (Å²) < 4.78 is 5.35. The van der Waals surface area contributed by atoms with Gasteiger partial charge in [0.25, 0.3) is 0 Å². The second-order valence-corrected chi connectivity index (χ2v) is 5.66. The second kappa shape index (κ2) is 5.68. The smallest absolute Gasteiger partial charge is 0.119 e. The third-order valence-electron chi connectivity index (χ3n) is 4.21. The molecule has 2 N–H and O–H groups in total. The van der Waals surface area contributed by atoms with Crippen LogP contribution in [-0.4, -0.2) is 12.2 Å². The molecule has 0 aliphatic heterocycles. The number of phenols is 1. The third-order valence-corrected chi connectivity index (χ3v) is 4.21. The molecule has 1 aliphatic carbocycles. The van der Waals surface area contributed by atoms with E-state index < -0.39 is 0 Å². The van der Waals surface area contributed by atoms with E-state index in [-0.39, 0.29) is 0 Å². The van der Waals surface area contributed by atoms with E-state index in [4.69, 9.17) is 4.74 Å². The van der Waals surface area contributed by atoms with Crippen LogP contribution < -0.4 is 10.1 Å². The van der Waals surface area contributed by atoms with E-state index in [1.165, 1.54) is 17.5 Å². The molecule has 110 valence electrons. The molecule has 0 amide bonds. The molecule has 0 bridgehead atoms. The van der Waals surface area contributed by atoms with Crippen LogP contribution in [0.1, 0.15) is 35.6 Å². The van der Waals surface area contributed by atoms with Crippen LogP contribution in [0.3, 0.4) is 0 Å². The van der Waals surface area contributed by atoms with Crippen molar-refractivity contribution in [2.75, 3.05) is 12.4 Å². The zero-order valence-electron chi connectivity index (χ0n) is 12.5. The van der Waals surface area contributed by atoms with Gasteiger partial charge in [0.15, 0.2) is 0 Å². The molecule has 0 saturated heterocycles. The first-order chi connectivity index (χ1) is 10.2. The maximum atomic E-state index is 9.63. The van der Waals surface area contributed by atoms with E-state index in [9.17, 15) is 5.11 Å². The number of aryl methyl sites for hydroxylation is 2. The highest BCUT2D eigenvalue weighted by molar-refractivity contribution is 5.53. The van der Waals surface area contributed by atoms with Crippen molar-refractivity contribution in [3.8, 4) is 11.5 Å². The highest BCUT2D eigenvalue weighted by Gasteiger charge is 2.20. The molecule has 0 spiro atoms. The Hall–Kier alpha value is -2.16. The average Bonchev–Trinajstić information content (AvgIpc) is 2.51. The van der Waals surface area contributed by atoms with E-state index >= 15 is 0 Å². The Labute approximate surface area is 125 Å². The van der Waals surface area contributed by atoms with E-state index in [0.29, 0.717) is 11.8 Å². The molecular weight excluding hydrogens is 262 g/mol. The van der Waals surface area contributed by atoms with Gasteiger partial charge in [-0.25, -0.2) is 0 Å². The van der Waals surface area contributed by atoms with Gasteiger partial charge in [0.05, 0.1) is 13.2 Å². The van der Waals surface area contributed by atoms with Crippen molar-refractivity contribution in [3.63, 3.8) is 0 Å². The lowest BCUT2D eigenvalue weighted by Crippen LogP contribution is -2.17. The first-order valence-electron chi connectivity index (χ1n) is 7.40. The number of nitrogens with one attached hydrogen (secondary N) is 1. The minimum Gasteiger partial charge on any atom is -0.508 e. The molecule has 0 saturated carbocycles. The summed E-state index contributed by atoms with van der Waals surface area (Å²) in [5.41, 5.74) is 4.66. The number of benzene rings is 2. The van der Waals surface area contributed by atoms with Crippen LogP contribution in [0.25, 0.3) is 0 Å². The Morgan fingerprint density at radius 2 is 2.05 bits per heavy atom. The van der Waals surface area contributed by atoms with Gasteiger partial charge < -0.3 is 15.2 Å². The zero-order valence-corrected chi connectivity index (χ0v) is 12.5. The Balaban J connectivity index is 1.88. The summed E-state index contributed by atoms with van der Waals surface area (Å²) in [5, 5.41) is 13.2. The summed E-state index contributed by atoms with van der Waals surface area (Å²) in [7, 11) is 1.70. The van der Waals surface area contributed by atoms with Crippen LogP contribution in [0.5, 0.6) is 11.5 Å². The van der Waals surface area contributed by atoms with Crippen molar-refractivity contribution in [3.05, 3.63) is 53.1 Å². The van der Waals surface area contributed by atoms with E-state index in [2.05, 4.69) is 17.4 Å². The predicted molar refractivity (Wildman–Crippen MR) is 85.1 cm³/mol. The second-order valence-electron chi connectivity index (χ2n) is 5.66. The van der Waals surface area contributed by atoms with Gasteiger partial charge in [0.1, 0.15) is 11.5 Å². The minimum atomic E-state index is 0.299. The number of fused-ring (bicyclic) bond motifs is 1. The lowest BCUT2D eigenvalue weighted by molar-refractivity contribution is 0.413. The number of ether oxygens (including phenoxy) is 1. The summed E-state index contributed by atoms with van der Waals surface area (Å²) >= 11 is 0. The van der Waals surface area contributed by atoms with Crippen molar-refractivity contribution >= 4 is 5.69 Å². The SMILES string of the molecule is COc1ccc2c(c1)C(Nc1ccc(O)c(C)c1)CCC2. The molecule has 2 aromatic carbocycles. The standard InChI is InChI=1S/C18H21NO2/c1-12-10-14(7-9-18(12)20)19-17-5-3-4-13-6-8-15(21-2)11-16(13)17/h6-11,17,19-20H,3-5H2,1-2H3. The summed E-state index contributed by atoms with van der Waals surface area (Å²) in [6.45, 7) is 1.92. The van der Waals surface area contributed by atoms with Crippen molar-refractivity contribution < 1.29 is 9.84 Å².